The second-order valence-electron chi connectivity index (χ2n) is 1.93. The molecule has 0 N–H and O–H groups in total. The van der Waals surface area contributed by atoms with Gasteiger partial charge in [-0.3, -0.25) is 0 Å². The molecule has 1 nitrogen and oxygen atoms in total. The quantitative estimate of drug-likeness (QED) is 0.435. The Hall–Kier alpha value is -0.460. The van der Waals surface area contributed by atoms with Gasteiger partial charge < -0.3 is 4.18 Å². The van der Waals surface area contributed by atoms with Gasteiger partial charge in [-0.05, 0) is 11.9 Å². The van der Waals surface area contributed by atoms with Gasteiger partial charge in [0.15, 0.2) is 0 Å². The number of benzene rings is 1. The van der Waals surface area contributed by atoms with Crippen LogP contribution in [-0.2, 0) is 0 Å². The highest BCUT2D eigenvalue weighted by Crippen LogP contribution is 2.32. The van der Waals surface area contributed by atoms with Crippen LogP contribution >= 0.6 is 19.1 Å². The van der Waals surface area contributed by atoms with Crippen molar-refractivity contribution in [3.8, 4) is 5.75 Å². The molecular formula is C7H5OPS. The zero-order valence-corrected chi connectivity index (χ0v) is 6.86. The van der Waals surface area contributed by atoms with Crippen LogP contribution in [0.3, 0.4) is 0 Å². The lowest BCUT2D eigenvalue weighted by atomic mass is 10.2. The van der Waals surface area contributed by atoms with Crippen molar-refractivity contribution in [1.82, 2.24) is 0 Å². The molecule has 50 valence electrons. The molecule has 0 amide bonds. The van der Waals surface area contributed by atoms with E-state index in [-0.39, 0.29) is 0 Å². The average Bonchev–Trinajstić information content (AvgIpc) is 2.05. The fourth-order valence-electron chi connectivity index (χ4n) is 0.803. The molecule has 0 saturated heterocycles. The van der Waals surface area contributed by atoms with Crippen molar-refractivity contribution in [2.45, 2.75) is 0 Å². The molecule has 1 aromatic rings. The lowest BCUT2D eigenvalue weighted by Gasteiger charge is -2.07. The molecule has 0 radical (unpaired) electrons. The van der Waals surface area contributed by atoms with Crippen LogP contribution in [0.1, 0.15) is 5.56 Å². The molecule has 1 aliphatic rings. The Morgan fingerprint density at radius 2 is 2.20 bits per heavy atom. The minimum Gasteiger partial charge on any atom is -0.416 e. The van der Waals surface area contributed by atoms with Crippen LogP contribution in [0.2, 0.25) is 0 Å². The van der Waals surface area contributed by atoms with Crippen molar-refractivity contribution in [3.63, 3.8) is 0 Å². The zero-order chi connectivity index (χ0) is 6.81. The van der Waals surface area contributed by atoms with E-state index in [0.29, 0.717) is 0 Å². The first kappa shape index (κ1) is 6.26. The molecule has 1 aromatic carbocycles. The lowest BCUT2D eigenvalue weighted by molar-refractivity contribution is 0.654. The smallest absolute Gasteiger partial charge is 0.145 e. The molecule has 0 aromatic heterocycles. The topological polar surface area (TPSA) is 9.23 Å². The predicted octanol–water partition coefficient (Wildman–Crippen LogP) is 2.74. The molecule has 0 saturated carbocycles. The largest absolute Gasteiger partial charge is 0.416 e. The van der Waals surface area contributed by atoms with Gasteiger partial charge >= 0.3 is 0 Å². The third-order valence-electron chi connectivity index (χ3n) is 1.28. The third kappa shape index (κ3) is 1.05. The molecule has 0 bridgehead atoms. The first-order valence-electron chi connectivity index (χ1n) is 2.93. The summed E-state index contributed by atoms with van der Waals surface area (Å²) in [5.41, 5.74) is 1.20. The minimum absolute atomic E-state index is 0.978. The predicted molar refractivity (Wildman–Crippen MR) is 46.7 cm³/mol. The summed E-state index contributed by atoms with van der Waals surface area (Å²) in [6, 6.07) is 8.04. The first-order chi connectivity index (χ1) is 4.97. The lowest BCUT2D eigenvalue weighted by Crippen LogP contribution is -1.88. The standard InChI is InChI=1S/C7H5OPS/c1-2-4-7-6(3-1)5-9-10-8-7/h1-5H. The molecule has 3 heteroatoms. The van der Waals surface area contributed by atoms with Crippen molar-refractivity contribution < 1.29 is 4.18 Å². The zero-order valence-electron chi connectivity index (χ0n) is 5.15. The maximum absolute atomic E-state index is 5.30. The molecule has 1 heterocycles. The molecule has 0 atom stereocenters. The van der Waals surface area contributed by atoms with Crippen LogP contribution in [-0.4, -0.2) is 5.80 Å². The van der Waals surface area contributed by atoms with E-state index in [0.717, 1.165) is 5.75 Å². The van der Waals surface area contributed by atoms with E-state index in [1.165, 1.54) is 24.6 Å². The van der Waals surface area contributed by atoms with Crippen LogP contribution in [0, 0.1) is 0 Å². The van der Waals surface area contributed by atoms with Gasteiger partial charge in [-0.1, -0.05) is 18.2 Å². The van der Waals surface area contributed by atoms with Crippen molar-refractivity contribution in [1.29, 1.82) is 0 Å². The minimum atomic E-state index is 0.978. The highest BCUT2D eigenvalue weighted by Gasteiger charge is 2.03. The van der Waals surface area contributed by atoms with E-state index in [4.69, 9.17) is 4.18 Å². The van der Waals surface area contributed by atoms with E-state index >= 15 is 0 Å². The fraction of sp³-hybridized carbons (Fsp3) is 0. The van der Waals surface area contributed by atoms with Crippen LogP contribution in [0.15, 0.2) is 24.3 Å². The summed E-state index contributed by atoms with van der Waals surface area (Å²) in [6.45, 7) is 0. The van der Waals surface area contributed by atoms with E-state index in [2.05, 4.69) is 11.9 Å². The van der Waals surface area contributed by atoms with Gasteiger partial charge in [0.25, 0.3) is 0 Å². The summed E-state index contributed by atoms with van der Waals surface area (Å²) in [5.74, 6) is 3.12. The molecule has 0 aliphatic carbocycles. The number of rotatable bonds is 0. The summed E-state index contributed by atoms with van der Waals surface area (Å²) in [6.07, 6.45) is 0. The molecule has 2 rings (SSSR count). The van der Waals surface area contributed by atoms with E-state index in [1.54, 1.807) is 0 Å². The first-order valence-corrected chi connectivity index (χ1v) is 5.24. The van der Waals surface area contributed by atoms with Crippen LogP contribution < -0.4 is 4.18 Å². The van der Waals surface area contributed by atoms with Gasteiger partial charge in [0.2, 0.25) is 0 Å². The Balaban J connectivity index is 2.54. The summed E-state index contributed by atoms with van der Waals surface area (Å²) < 4.78 is 5.30. The normalized spacial score (nSPS) is 15.6. The highest BCUT2D eigenvalue weighted by molar-refractivity contribution is 8.46. The van der Waals surface area contributed by atoms with Gasteiger partial charge in [0, 0.05) is 13.0 Å². The summed E-state index contributed by atoms with van der Waals surface area (Å²) >= 11 is 1.45. The SMILES string of the molecule is C1=PSOc2ccccc21. The van der Waals surface area contributed by atoms with Gasteiger partial charge in [0.1, 0.15) is 17.4 Å². The number of hydrogen-bond donors (Lipinski definition) is 0. The van der Waals surface area contributed by atoms with Crippen LogP contribution in [0.4, 0.5) is 0 Å². The number of hydrogen-bond acceptors (Lipinski definition) is 2. The Labute approximate surface area is 65.2 Å². The van der Waals surface area contributed by atoms with Gasteiger partial charge in [0.05, 0.1) is 0 Å². The highest BCUT2D eigenvalue weighted by atomic mass is 32.7. The maximum atomic E-state index is 5.30. The Morgan fingerprint density at radius 1 is 1.30 bits per heavy atom. The molecule has 10 heavy (non-hydrogen) atoms. The van der Waals surface area contributed by atoms with Gasteiger partial charge in [-0.25, -0.2) is 0 Å². The van der Waals surface area contributed by atoms with Gasteiger partial charge in [-0.2, -0.15) is 0 Å². The second kappa shape index (κ2) is 2.65. The summed E-state index contributed by atoms with van der Waals surface area (Å²) in [4.78, 5) is 0. The third-order valence-corrected chi connectivity index (χ3v) is 2.80. The fourth-order valence-corrected chi connectivity index (χ4v) is 2.29. The number of para-hydroxylation sites is 1. The Bertz CT molecular complexity index is 272. The molecule has 0 spiro atoms. The molecule has 1 aliphatic heterocycles. The second-order valence-corrected chi connectivity index (χ2v) is 3.79. The number of fused-ring (bicyclic) bond motifs is 1. The summed E-state index contributed by atoms with van der Waals surface area (Å²) in [5, 5.41) is 0. The Kier molecular flexibility index (Phi) is 1.66. The average molecular weight is 168 g/mol. The van der Waals surface area contributed by atoms with E-state index in [9.17, 15) is 0 Å². The maximum Gasteiger partial charge on any atom is 0.145 e. The summed E-state index contributed by atoms with van der Waals surface area (Å²) in [7, 11) is 1.17. The molecule has 0 unspecified atom stereocenters. The monoisotopic (exact) mass is 168 g/mol. The van der Waals surface area contributed by atoms with E-state index < -0.39 is 0 Å². The Morgan fingerprint density at radius 3 is 3.10 bits per heavy atom. The van der Waals surface area contributed by atoms with Crippen molar-refractivity contribution >= 4 is 24.9 Å². The molecular weight excluding hydrogens is 163 g/mol. The van der Waals surface area contributed by atoms with Crippen molar-refractivity contribution in [3.05, 3.63) is 29.8 Å². The molecule has 0 fully saturated rings. The van der Waals surface area contributed by atoms with Crippen molar-refractivity contribution in [2.75, 3.05) is 0 Å². The van der Waals surface area contributed by atoms with E-state index in [1.807, 2.05) is 18.2 Å². The van der Waals surface area contributed by atoms with Gasteiger partial charge in [-0.15, -0.1) is 0 Å². The van der Waals surface area contributed by atoms with Crippen LogP contribution in [0.5, 0.6) is 5.75 Å². The van der Waals surface area contributed by atoms with Crippen molar-refractivity contribution in [2.24, 2.45) is 0 Å². The van der Waals surface area contributed by atoms with Crippen LogP contribution in [0.25, 0.3) is 0 Å².